The van der Waals surface area contributed by atoms with Gasteiger partial charge in [-0.2, -0.15) is 5.06 Å². The van der Waals surface area contributed by atoms with E-state index >= 15 is 0 Å². The molecular weight excluding hydrogens is 118 g/mol. The Labute approximate surface area is 55.5 Å². The fourth-order valence-electron chi connectivity index (χ4n) is 0.805. The quantitative estimate of drug-likeness (QED) is 0.528. The molecule has 9 heavy (non-hydrogen) atoms. The Kier molecular flexibility index (Phi) is 2.97. The summed E-state index contributed by atoms with van der Waals surface area (Å²) >= 11 is 0. The van der Waals surface area contributed by atoms with Gasteiger partial charge in [-0.25, -0.2) is 0 Å². The predicted molar refractivity (Wildman–Crippen MR) is 33.7 cm³/mol. The molecule has 0 saturated carbocycles. The van der Waals surface area contributed by atoms with Crippen LogP contribution in [0.4, 0.5) is 0 Å². The third-order valence-electron chi connectivity index (χ3n) is 1.24. The van der Waals surface area contributed by atoms with E-state index < -0.39 is 0 Å². The van der Waals surface area contributed by atoms with Crippen LogP contribution < -0.4 is 0 Å². The molecule has 1 saturated heterocycles. The Balaban J connectivity index is 2.08. The molecule has 1 aliphatic rings. The van der Waals surface area contributed by atoms with Gasteiger partial charge in [0.25, 0.3) is 0 Å². The van der Waals surface area contributed by atoms with Crippen molar-refractivity contribution in [2.45, 2.75) is 0 Å². The van der Waals surface area contributed by atoms with E-state index in [0.29, 0.717) is 6.61 Å². The summed E-state index contributed by atoms with van der Waals surface area (Å²) in [6.45, 7) is 7.39. The van der Waals surface area contributed by atoms with E-state index in [9.17, 15) is 0 Å². The number of hydroxylamine groups is 2. The van der Waals surface area contributed by atoms with Crippen molar-refractivity contribution in [2.24, 2.45) is 0 Å². The lowest BCUT2D eigenvalue weighted by Crippen LogP contribution is -2.36. The molecule has 3 heteroatoms. The average Bonchev–Trinajstić information content (AvgIpc) is 1.91. The van der Waals surface area contributed by atoms with Gasteiger partial charge in [-0.15, -0.1) is 0 Å². The second-order valence-corrected chi connectivity index (χ2v) is 1.87. The van der Waals surface area contributed by atoms with Gasteiger partial charge in [-0.3, -0.25) is 4.84 Å². The molecule has 0 amide bonds. The maximum atomic E-state index is 5.12. The molecule has 1 radical (unpaired) electrons. The minimum absolute atomic E-state index is 0.514. The lowest BCUT2D eigenvalue weighted by molar-refractivity contribution is -0.185. The van der Waals surface area contributed by atoms with E-state index in [1.165, 1.54) is 0 Å². The van der Waals surface area contributed by atoms with Gasteiger partial charge in [0.2, 0.25) is 0 Å². The number of morpholine rings is 1. The maximum Gasteiger partial charge on any atom is 0.0686 e. The summed E-state index contributed by atoms with van der Waals surface area (Å²) in [6, 6.07) is 0. The van der Waals surface area contributed by atoms with Crippen LogP contribution in [0.1, 0.15) is 0 Å². The number of rotatable bonds is 2. The van der Waals surface area contributed by atoms with E-state index in [1.54, 1.807) is 0 Å². The van der Waals surface area contributed by atoms with Gasteiger partial charge in [-0.05, 0) is 6.92 Å². The van der Waals surface area contributed by atoms with Crippen LogP contribution in [-0.4, -0.2) is 38.0 Å². The van der Waals surface area contributed by atoms with Crippen molar-refractivity contribution in [1.82, 2.24) is 5.06 Å². The van der Waals surface area contributed by atoms with Gasteiger partial charge in [0.15, 0.2) is 0 Å². The van der Waals surface area contributed by atoms with Crippen molar-refractivity contribution >= 4 is 0 Å². The Morgan fingerprint density at radius 1 is 1.44 bits per heavy atom. The Bertz CT molecular complexity index is 68.7. The number of hydrogen-bond acceptors (Lipinski definition) is 3. The molecule has 0 unspecified atom stereocenters. The van der Waals surface area contributed by atoms with Gasteiger partial charge in [0.1, 0.15) is 0 Å². The molecule has 0 aliphatic carbocycles. The third kappa shape index (κ3) is 2.30. The normalized spacial score (nSPS) is 22.3. The summed E-state index contributed by atoms with van der Waals surface area (Å²) in [7, 11) is 0. The smallest absolute Gasteiger partial charge is 0.0686 e. The zero-order valence-electron chi connectivity index (χ0n) is 5.51. The Morgan fingerprint density at radius 2 is 2.11 bits per heavy atom. The lowest BCUT2D eigenvalue weighted by atomic mass is 10.5. The highest BCUT2D eigenvalue weighted by molar-refractivity contribution is 4.51. The highest BCUT2D eigenvalue weighted by Crippen LogP contribution is 1.95. The molecule has 0 atom stereocenters. The van der Waals surface area contributed by atoms with Crippen molar-refractivity contribution in [2.75, 3.05) is 32.9 Å². The van der Waals surface area contributed by atoms with Crippen molar-refractivity contribution in [1.29, 1.82) is 0 Å². The molecule has 0 aromatic rings. The molecule has 0 aromatic heterocycles. The second kappa shape index (κ2) is 3.82. The minimum Gasteiger partial charge on any atom is -0.379 e. The maximum absolute atomic E-state index is 5.12. The van der Waals surface area contributed by atoms with Crippen LogP contribution >= 0.6 is 0 Å². The van der Waals surface area contributed by atoms with E-state index in [-0.39, 0.29) is 0 Å². The summed E-state index contributed by atoms with van der Waals surface area (Å²) < 4.78 is 5.10. The number of nitrogens with zero attached hydrogens (tertiary/aromatic N) is 1. The highest BCUT2D eigenvalue weighted by atomic mass is 16.7. The van der Waals surface area contributed by atoms with Gasteiger partial charge < -0.3 is 4.74 Å². The van der Waals surface area contributed by atoms with E-state index in [1.807, 2.05) is 5.06 Å². The molecule has 1 fully saturated rings. The van der Waals surface area contributed by atoms with Crippen molar-refractivity contribution in [3.8, 4) is 0 Å². The van der Waals surface area contributed by atoms with Crippen LogP contribution in [-0.2, 0) is 9.57 Å². The topological polar surface area (TPSA) is 21.7 Å². The fraction of sp³-hybridized carbons (Fsp3) is 0.833. The highest BCUT2D eigenvalue weighted by Gasteiger charge is 2.08. The Morgan fingerprint density at radius 3 is 2.67 bits per heavy atom. The molecule has 0 N–H and O–H groups in total. The van der Waals surface area contributed by atoms with E-state index in [2.05, 4.69) is 6.92 Å². The largest absolute Gasteiger partial charge is 0.379 e. The summed E-state index contributed by atoms with van der Waals surface area (Å²) in [6.07, 6.45) is 0. The second-order valence-electron chi connectivity index (χ2n) is 1.87. The SMILES string of the molecule is [CH2]CON1CCOCC1. The minimum atomic E-state index is 0.514. The van der Waals surface area contributed by atoms with Crippen LogP contribution in [0.15, 0.2) is 0 Å². The average molecular weight is 130 g/mol. The first-order chi connectivity index (χ1) is 4.43. The van der Waals surface area contributed by atoms with Crippen molar-refractivity contribution in [3.05, 3.63) is 6.92 Å². The fourth-order valence-corrected chi connectivity index (χ4v) is 0.805. The van der Waals surface area contributed by atoms with Crippen molar-refractivity contribution < 1.29 is 9.57 Å². The van der Waals surface area contributed by atoms with E-state index in [0.717, 1.165) is 26.3 Å². The molecule has 1 rings (SSSR count). The number of ether oxygens (including phenoxy) is 1. The molecule has 0 aromatic carbocycles. The molecular formula is C6H12NO2. The molecule has 53 valence electrons. The molecule has 3 nitrogen and oxygen atoms in total. The summed E-state index contributed by atoms with van der Waals surface area (Å²) in [4.78, 5) is 5.12. The summed E-state index contributed by atoms with van der Waals surface area (Å²) in [5.74, 6) is 0. The number of hydrogen-bond donors (Lipinski definition) is 0. The van der Waals surface area contributed by atoms with Gasteiger partial charge in [0, 0.05) is 13.1 Å². The first-order valence-corrected chi connectivity index (χ1v) is 3.18. The summed E-state index contributed by atoms with van der Waals surface area (Å²) in [5, 5.41) is 1.89. The third-order valence-corrected chi connectivity index (χ3v) is 1.24. The monoisotopic (exact) mass is 130 g/mol. The van der Waals surface area contributed by atoms with Crippen LogP contribution in [0.25, 0.3) is 0 Å². The lowest BCUT2D eigenvalue weighted by Gasteiger charge is -2.24. The van der Waals surface area contributed by atoms with Gasteiger partial charge in [0.05, 0.1) is 19.8 Å². The molecule has 0 bridgehead atoms. The standard InChI is InChI=1S/C6H12NO2/c1-2-9-7-3-5-8-6-4-7/h1-6H2. The van der Waals surface area contributed by atoms with Crippen LogP contribution in [0, 0.1) is 6.92 Å². The van der Waals surface area contributed by atoms with Crippen LogP contribution in [0.2, 0.25) is 0 Å². The van der Waals surface area contributed by atoms with Gasteiger partial charge >= 0.3 is 0 Å². The molecule has 1 heterocycles. The predicted octanol–water partition coefficient (Wildman–Crippen LogP) is 0.0843. The van der Waals surface area contributed by atoms with Crippen molar-refractivity contribution in [3.63, 3.8) is 0 Å². The van der Waals surface area contributed by atoms with Crippen LogP contribution in [0.3, 0.4) is 0 Å². The van der Waals surface area contributed by atoms with E-state index in [4.69, 9.17) is 9.57 Å². The Hall–Kier alpha value is -0.120. The molecule has 1 aliphatic heterocycles. The zero-order chi connectivity index (χ0) is 6.53. The van der Waals surface area contributed by atoms with Crippen LogP contribution in [0.5, 0.6) is 0 Å². The van der Waals surface area contributed by atoms with Gasteiger partial charge in [-0.1, -0.05) is 0 Å². The first-order valence-electron chi connectivity index (χ1n) is 3.18. The summed E-state index contributed by atoms with van der Waals surface area (Å²) in [5.41, 5.74) is 0. The zero-order valence-corrected chi connectivity index (χ0v) is 5.51. The molecule has 0 spiro atoms. The first kappa shape index (κ1) is 6.99.